The molecule has 0 aliphatic heterocycles. The highest BCUT2D eigenvalue weighted by Gasteiger charge is 2.25. The Morgan fingerprint density at radius 3 is 2.68 bits per heavy atom. The number of hydrogen-bond donors (Lipinski definition) is 2. The molecule has 2 N–H and O–H groups in total. The molecule has 6 nitrogen and oxygen atoms in total. The van der Waals surface area contributed by atoms with E-state index < -0.39 is 11.3 Å². The SMILES string of the molecule is CNC(C)(C)C(=O)Nc1ccc2oc(=O)n(C)c2c1. The van der Waals surface area contributed by atoms with E-state index in [9.17, 15) is 9.59 Å². The topological polar surface area (TPSA) is 76.3 Å². The van der Waals surface area contributed by atoms with Crippen molar-refractivity contribution in [2.75, 3.05) is 12.4 Å². The van der Waals surface area contributed by atoms with Gasteiger partial charge in [-0.3, -0.25) is 9.36 Å². The van der Waals surface area contributed by atoms with E-state index in [1.54, 1.807) is 46.1 Å². The van der Waals surface area contributed by atoms with Crippen molar-refractivity contribution in [3.8, 4) is 0 Å². The molecule has 102 valence electrons. The van der Waals surface area contributed by atoms with Gasteiger partial charge in [0.15, 0.2) is 5.58 Å². The molecule has 1 heterocycles. The van der Waals surface area contributed by atoms with E-state index in [0.717, 1.165) is 0 Å². The molecule has 0 unspecified atom stereocenters. The Morgan fingerprint density at radius 2 is 2.05 bits per heavy atom. The lowest BCUT2D eigenvalue weighted by atomic mass is 10.1. The first kappa shape index (κ1) is 13.4. The van der Waals surface area contributed by atoms with Crippen molar-refractivity contribution in [1.29, 1.82) is 0 Å². The summed E-state index contributed by atoms with van der Waals surface area (Å²) in [5, 5.41) is 5.73. The van der Waals surface area contributed by atoms with E-state index in [0.29, 0.717) is 16.8 Å². The van der Waals surface area contributed by atoms with Crippen molar-refractivity contribution in [3.05, 3.63) is 28.7 Å². The number of rotatable bonds is 3. The summed E-state index contributed by atoms with van der Waals surface area (Å²) in [5.41, 5.74) is 1.10. The van der Waals surface area contributed by atoms with Crippen LogP contribution < -0.4 is 16.4 Å². The molecule has 1 amide bonds. The Kier molecular flexibility index (Phi) is 3.20. The molecule has 0 aliphatic carbocycles. The minimum absolute atomic E-state index is 0.150. The van der Waals surface area contributed by atoms with Gasteiger partial charge in [0.05, 0.1) is 11.1 Å². The summed E-state index contributed by atoms with van der Waals surface area (Å²) in [6.45, 7) is 3.57. The molecular formula is C13H17N3O3. The molecule has 0 saturated carbocycles. The highest BCUT2D eigenvalue weighted by Crippen LogP contribution is 2.18. The molecular weight excluding hydrogens is 246 g/mol. The maximum atomic E-state index is 12.0. The number of aryl methyl sites for hydroxylation is 1. The number of amides is 1. The fraction of sp³-hybridized carbons (Fsp3) is 0.385. The zero-order valence-electron chi connectivity index (χ0n) is 11.4. The standard InChI is InChI=1S/C13H17N3O3/c1-13(2,14-3)11(17)15-8-5-6-10-9(7-8)16(4)12(18)19-10/h5-7,14H,1-4H3,(H,15,17). The summed E-state index contributed by atoms with van der Waals surface area (Å²) in [4.78, 5) is 23.4. The van der Waals surface area contributed by atoms with E-state index in [4.69, 9.17) is 4.42 Å². The van der Waals surface area contributed by atoms with Crippen LogP contribution in [0.5, 0.6) is 0 Å². The molecule has 0 spiro atoms. The van der Waals surface area contributed by atoms with Gasteiger partial charge in [-0.05, 0) is 39.1 Å². The van der Waals surface area contributed by atoms with E-state index in [1.165, 1.54) is 4.57 Å². The van der Waals surface area contributed by atoms with Crippen LogP contribution in [0, 0.1) is 0 Å². The number of nitrogens with zero attached hydrogens (tertiary/aromatic N) is 1. The first-order valence-electron chi connectivity index (χ1n) is 5.95. The molecule has 1 aromatic heterocycles. The van der Waals surface area contributed by atoms with Crippen molar-refractivity contribution in [1.82, 2.24) is 9.88 Å². The zero-order chi connectivity index (χ0) is 14.2. The maximum Gasteiger partial charge on any atom is 0.419 e. The number of carbonyl (C=O) groups is 1. The Hall–Kier alpha value is -2.08. The number of likely N-dealkylation sites (N-methyl/N-ethyl adjacent to an activating group) is 1. The summed E-state index contributed by atoms with van der Waals surface area (Å²) in [5.74, 6) is -0.572. The third-order valence-electron chi connectivity index (χ3n) is 3.24. The monoisotopic (exact) mass is 263 g/mol. The van der Waals surface area contributed by atoms with Gasteiger partial charge in [-0.2, -0.15) is 0 Å². The molecule has 2 rings (SSSR count). The molecule has 6 heteroatoms. The van der Waals surface area contributed by atoms with E-state index in [-0.39, 0.29) is 5.91 Å². The molecule has 0 atom stereocenters. The Balaban J connectivity index is 2.34. The molecule has 0 bridgehead atoms. The van der Waals surface area contributed by atoms with E-state index >= 15 is 0 Å². The number of oxazole rings is 1. The zero-order valence-corrected chi connectivity index (χ0v) is 11.4. The quantitative estimate of drug-likeness (QED) is 0.868. The molecule has 0 aliphatic rings. The summed E-state index contributed by atoms with van der Waals surface area (Å²) < 4.78 is 6.43. The van der Waals surface area contributed by atoms with E-state index in [1.807, 2.05) is 0 Å². The maximum absolute atomic E-state index is 12.0. The molecule has 2 aromatic rings. The van der Waals surface area contributed by atoms with Crippen molar-refractivity contribution in [2.24, 2.45) is 7.05 Å². The van der Waals surface area contributed by atoms with Gasteiger partial charge in [0.2, 0.25) is 5.91 Å². The van der Waals surface area contributed by atoms with E-state index in [2.05, 4.69) is 10.6 Å². The second-order valence-electron chi connectivity index (χ2n) is 4.94. The average Bonchev–Trinajstić information content (AvgIpc) is 2.65. The average molecular weight is 263 g/mol. The third-order valence-corrected chi connectivity index (χ3v) is 3.24. The highest BCUT2D eigenvalue weighted by molar-refractivity contribution is 5.98. The predicted octanol–water partition coefficient (Wildman–Crippen LogP) is 1.07. The fourth-order valence-corrected chi connectivity index (χ4v) is 1.61. The Labute approximate surface area is 110 Å². The number of aromatic nitrogens is 1. The van der Waals surface area contributed by atoms with Crippen LogP contribution in [-0.4, -0.2) is 23.1 Å². The van der Waals surface area contributed by atoms with Gasteiger partial charge < -0.3 is 15.1 Å². The molecule has 1 aromatic carbocycles. The number of anilines is 1. The van der Waals surface area contributed by atoms with Crippen molar-refractivity contribution >= 4 is 22.7 Å². The fourth-order valence-electron chi connectivity index (χ4n) is 1.61. The minimum atomic E-state index is -0.669. The molecule has 0 saturated heterocycles. The van der Waals surface area contributed by atoms with Crippen LogP contribution in [0.1, 0.15) is 13.8 Å². The van der Waals surface area contributed by atoms with Crippen molar-refractivity contribution in [2.45, 2.75) is 19.4 Å². The van der Waals surface area contributed by atoms with Crippen LogP contribution in [-0.2, 0) is 11.8 Å². The molecule has 19 heavy (non-hydrogen) atoms. The van der Waals surface area contributed by atoms with Crippen LogP contribution in [0.3, 0.4) is 0 Å². The van der Waals surface area contributed by atoms with Gasteiger partial charge in [-0.15, -0.1) is 0 Å². The summed E-state index contributed by atoms with van der Waals surface area (Å²) in [6.07, 6.45) is 0. The van der Waals surface area contributed by atoms with Gasteiger partial charge in [0, 0.05) is 12.7 Å². The first-order valence-corrected chi connectivity index (χ1v) is 5.95. The van der Waals surface area contributed by atoms with Gasteiger partial charge in [0.1, 0.15) is 0 Å². The van der Waals surface area contributed by atoms with Crippen LogP contribution in [0.2, 0.25) is 0 Å². The van der Waals surface area contributed by atoms with Gasteiger partial charge >= 0.3 is 5.76 Å². The molecule has 0 fully saturated rings. The van der Waals surface area contributed by atoms with Crippen molar-refractivity contribution in [3.63, 3.8) is 0 Å². The van der Waals surface area contributed by atoms with Gasteiger partial charge in [-0.1, -0.05) is 0 Å². The van der Waals surface area contributed by atoms with Crippen LogP contribution >= 0.6 is 0 Å². The Bertz CT molecular complexity index is 682. The van der Waals surface area contributed by atoms with Gasteiger partial charge in [0.25, 0.3) is 0 Å². The molecule has 0 radical (unpaired) electrons. The largest absolute Gasteiger partial charge is 0.419 e. The number of fused-ring (bicyclic) bond motifs is 1. The van der Waals surface area contributed by atoms with Gasteiger partial charge in [-0.25, -0.2) is 4.79 Å². The lowest BCUT2D eigenvalue weighted by Crippen LogP contribution is -2.47. The van der Waals surface area contributed by atoms with Crippen LogP contribution in [0.4, 0.5) is 5.69 Å². The second kappa shape index (κ2) is 4.55. The third kappa shape index (κ3) is 2.39. The first-order chi connectivity index (χ1) is 8.85. The smallest absolute Gasteiger partial charge is 0.408 e. The van der Waals surface area contributed by atoms with Crippen LogP contribution in [0.25, 0.3) is 11.1 Å². The predicted molar refractivity (Wildman–Crippen MR) is 73.2 cm³/mol. The lowest BCUT2D eigenvalue weighted by molar-refractivity contribution is -0.121. The summed E-state index contributed by atoms with van der Waals surface area (Å²) in [6, 6.07) is 5.08. The second-order valence-corrected chi connectivity index (χ2v) is 4.94. The lowest BCUT2D eigenvalue weighted by Gasteiger charge is -2.22. The number of hydrogen-bond acceptors (Lipinski definition) is 4. The minimum Gasteiger partial charge on any atom is -0.408 e. The normalized spacial score (nSPS) is 11.8. The number of carbonyl (C=O) groups excluding carboxylic acids is 1. The summed E-state index contributed by atoms with van der Waals surface area (Å²) >= 11 is 0. The number of nitrogens with one attached hydrogen (secondary N) is 2. The number of benzene rings is 1. The van der Waals surface area contributed by atoms with Crippen LogP contribution in [0.15, 0.2) is 27.4 Å². The summed E-state index contributed by atoms with van der Waals surface area (Å²) in [7, 11) is 3.35. The van der Waals surface area contributed by atoms with Crippen molar-refractivity contribution < 1.29 is 9.21 Å². The highest BCUT2D eigenvalue weighted by atomic mass is 16.4. The Morgan fingerprint density at radius 1 is 1.37 bits per heavy atom.